The summed E-state index contributed by atoms with van der Waals surface area (Å²) in [6.07, 6.45) is 3.04. The van der Waals surface area contributed by atoms with Crippen molar-refractivity contribution in [3.63, 3.8) is 0 Å². The summed E-state index contributed by atoms with van der Waals surface area (Å²) >= 11 is 6.85. The molecule has 5 nitrogen and oxygen atoms in total. The molecule has 3 fully saturated rings. The molecular weight excluding hydrogens is 426 g/mol. The van der Waals surface area contributed by atoms with E-state index in [1.807, 2.05) is 30.3 Å². The van der Waals surface area contributed by atoms with Gasteiger partial charge in [0.15, 0.2) is 5.78 Å². The Morgan fingerprint density at radius 3 is 2.62 bits per heavy atom. The monoisotopic (exact) mass is 455 g/mol. The normalized spacial score (nSPS) is 38.9. The van der Waals surface area contributed by atoms with Gasteiger partial charge < -0.3 is 9.47 Å². The van der Waals surface area contributed by atoms with Crippen molar-refractivity contribution in [1.29, 1.82) is 5.26 Å². The number of benzene rings is 1. The predicted molar refractivity (Wildman–Crippen MR) is 121 cm³/mol. The molecule has 1 aromatic rings. The summed E-state index contributed by atoms with van der Waals surface area (Å²) in [4.78, 5) is 24.0. The lowest BCUT2D eigenvalue weighted by molar-refractivity contribution is -0.176. The van der Waals surface area contributed by atoms with Crippen LogP contribution >= 0.6 is 11.6 Å². The van der Waals surface area contributed by atoms with E-state index in [-0.39, 0.29) is 24.2 Å². The van der Waals surface area contributed by atoms with Crippen LogP contribution in [0.1, 0.15) is 51.0 Å². The molecule has 0 saturated heterocycles. The molecule has 0 heterocycles. The van der Waals surface area contributed by atoms with Crippen LogP contribution in [0.15, 0.2) is 42.5 Å². The number of ketones is 1. The van der Waals surface area contributed by atoms with E-state index in [1.54, 1.807) is 0 Å². The molecule has 6 heteroatoms. The summed E-state index contributed by atoms with van der Waals surface area (Å²) in [5, 5.41) is 10.4. The molecule has 3 aliphatic carbocycles. The van der Waals surface area contributed by atoms with E-state index in [1.165, 1.54) is 7.11 Å². The number of carbonyl (C=O) groups excluding carboxylic acids is 2. The number of carbonyl (C=O) groups is 2. The lowest BCUT2D eigenvalue weighted by Gasteiger charge is -2.63. The van der Waals surface area contributed by atoms with Crippen LogP contribution in [0, 0.1) is 34.0 Å². The molecular formula is C26H30ClNO4. The fraction of sp³-hybridized carbons (Fsp3) is 0.577. The molecule has 0 bridgehead atoms. The number of halogens is 1. The number of hydrogen-bond acceptors (Lipinski definition) is 5. The molecule has 0 radical (unpaired) electrons. The van der Waals surface area contributed by atoms with Gasteiger partial charge in [0.1, 0.15) is 0 Å². The van der Waals surface area contributed by atoms with Gasteiger partial charge >= 0.3 is 5.97 Å². The van der Waals surface area contributed by atoms with E-state index in [4.69, 9.17) is 21.1 Å². The van der Waals surface area contributed by atoms with Gasteiger partial charge in [0, 0.05) is 18.3 Å². The molecule has 1 aromatic carbocycles. The third-order valence-corrected chi connectivity index (χ3v) is 8.99. The van der Waals surface area contributed by atoms with Gasteiger partial charge in [-0.3, -0.25) is 4.79 Å². The van der Waals surface area contributed by atoms with E-state index >= 15 is 0 Å². The van der Waals surface area contributed by atoms with Crippen LogP contribution in [-0.2, 0) is 25.7 Å². The first-order chi connectivity index (χ1) is 15.2. The molecule has 170 valence electrons. The van der Waals surface area contributed by atoms with Crippen molar-refractivity contribution >= 4 is 23.4 Å². The number of ether oxygens (including phenoxy) is 2. The quantitative estimate of drug-likeness (QED) is 0.277. The number of nitriles is 1. The smallest absolute Gasteiger partial charge is 0.334 e. The first-order valence-corrected chi connectivity index (χ1v) is 11.7. The van der Waals surface area contributed by atoms with Crippen molar-refractivity contribution in [2.45, 2.75) is 63.0 Å². The standard InChI is InChI=1S/C26H30ClNO4/c1-17-9-10-19(32-15-18-7-5-4-6-8-18)22-24(2)13-12-21(29)26(27,23(30)31-3)20(24)11-14-25(17,22)16-28/h4-8,19-20,22H,1,9-15H2,2-3H3/t19?,20-,22-,24+,25-,26?/m1/s1. The van der Waals surface area contributed by atoms with Crippen molar-refractivity contribution in [3.05, 3.63) is 48.0 Å². The maximum Gasteiger partial charge on any atom is 0.334 e. The molecule has 0 aliphatic heterocycles. The van der Waals surface area contributed by atoms with Crippen molar-refractivity contribution in [3.8, 4) is 6.07 Å². The molecule has 0 N–H and O–H groups in total. The van der Waals surface area contributed by atoms with Crippen LogP contribution in [0.3, 0.4) is 0 Å². The van der Waals surface area contributed by atoms with Gasteiger partial charge in [-0.05, 0) is 43.1 Å². The Morgan fingerprint density at radius 2 is 1.97 bits per heavy atom. The summed E-state index contributed by atoms with van der Waals surface area (Å²) in [5.74, 6) is -1.61. The summed E-state index contributed by atoms with van der Waals surface area (Å²) in [6, 6.07) is 12.6. The minimum Gasteiger partial charge on any atom is -0.467 e. The first-order valence-electron chi connectivity index (χ1n) is 11.3. The Bertz CT molecular complexity index is 962. The summed E-state index contributed by atoms with van der Waals surface area (Å²) in [7, 11) is 1.27. The average Bonchev–Trinajstić information content (AvgIpc) is 2.81. The first kappa shape index (κ1) is 23.0. The van der Waals surface area contributed by atoms with Gasteiger partial charge in [0.25, 0.3) is 0 Å². The van der Waals surface area contributed by atoms with Gasteiger partial charge in [-0.25, -0.2) is 4.79 Å². The number of alkyl halides is 1. The van der Waals surface area contributed by atoms with Crippen molar-refractivity contribution in [2.75, 3.05) is 7.11 Å². The number of esters is 1. The van der Waals surface area contributed by atoms with Crippen molar-refractivity contribution in [1.82, 2.24) is 0 Å². The minimum atomic E-state index is -1.72. The molecule has 0 aromatic heterocycles. The van der Waals surface area contributed by atoms with E-state index in [2.05, 4.69) is 19.6 Å². The van der Waals surface area contributed by atoms with Gasteiger partial charge in [-0.1, -0.05) is 61.0 Å². The SMILES string of the molecule is C=C1CCC(OCc2ccccc2)[C@@H]2[C@@]3(C)CCC(=O)C(Cl)(C(=O)OC)[C@@H]3CC[C@@]12C#N. The van der Waals surface area contributed by atoms with Crippen LogP contribution < -0.4 is 0 Å². The average molecular weight is 456 g/mol. The van der Waals surface area contributed by atoms with E-state index < -0.39 is 27.6 Å². The molecule has 0 spiro atoms. The van der Waals surface area contributed by atoms with Gasteiger partial charge in [0.2, 0.25) is 4.87 Å². The molecule has 0 amide bonds. The van der Waals surface area contributed by atoms with Crippen LogP contribution in [0.2, 0.25) is 0 Å². The second-order valence-corrected chi connectivity index (χ2v) is 10.4. The summed E-state index contributed by atoms with van der Waals surface area (Å²) in [5.41, 5.74) is 0.707. The fourth-order valence-corrected chi connectivity index (χ4v) is 7.32. The van der Waals surface area contributed by atoms with Crippen LogP contribution in [0.25, 0.3) is 0 Å². The van der Waals surface area contributed by atoms with Crippen LogP contribution in [0.4, 0.5) is 0 Å². The molecule has 2 unspecified atom stereocenters. The highest BCUT2D eigenvalue weighted by molar-refractivity contribution is 6.46. The number of methoxy groups -OCH3 is 1. The lowest BCUT2D eigenvalue weighted by Crippen LogP contribution is -2.66. The topological polar surface area (TPSA) is 76.4 Å². The number of fused-ring (bicyclic) bond motifs is 3. The second-order valence-electron chi connectivity index (χ2n) is 9.76. The van der Waals surface area contributed by atoms with E-state index in [0.29, 0.717) is 25.9 Å². The van der Waals surface area contributed by atoms with Crippen LogP contribution in [-0.4, -0.2) is 29.8 Å². The summed E-state index contributed by atoms with van der Waals surface area (Å²) in [6.45, 7) is 6.82. The number of hydrogen-bond donors (Lipinski definition) is 0. The summed E-state index contributed by atoms with van der Waals surface area (Å²) < 4.78 is 11.5. The maximum atomic E-state index is 12.9. The van der Waals surface area contributed by atoms with Gasteiger partial charge in [-0.15, -0.1) is 0 Å². The number of Topliss-reactive ketones (excluding diaryl/α,β-unsaturated/α-hetero) is 1. The zero-order valence-corrected chi connectivity index (χ0v) is 19.5. The third kappa shape index (κ3) is 3.23. The molecule has 3 saturated carbocycles. The predicted octanol–water partition coefficient (Wildman–Crippen LogP) is 4.98. The zero-order chi connectivity index (χ0) is 23.1. The maximum absolute atomic E-state index is 12.9. The van der Waals surface area contributed by atoms with Gasteiger partial charge in [-0.2, -0.15) is 5.26 Å². The van der Waals surface area contributed by atoms with E-state index in [0.717, 1.165) is 24.0 Å². The Morgan fingerprint density at radius 1 is 1.25 bits per heavy atom. The number of rotatable bonds is 4. The highest BCUT2D eigenvalue weighted by atomic mass is 35.5. The second kappa shape index (κ2) is 8.32. The molecule has 6 atom stereocenters. The van der Waals surface area contributed by atoms with Crippen LogP contribution in [0.5, 0.6) is 0 Å². The van der Waals surface area contributed by atoms with E-state index in [9.17, 15) is 14.9 Å². The highest BCUT2D eigenvalue weighted by Gasteiger charge is 2.69. The highest BCUT2D eigenvalue weighted by Crippen LogP contribution is 2.67. The lowest BCUT2D eigenvalue weighted by atomic mass is 9.41. The molecule has 32 heavy (non-hydrogen) atoms. The number of nitrogens with zero attached hydrogens (tertiary/aromatic N) is 1. The Hall–Kier alpha value is -2.16. The van der Waals surface area contributed by atoms with Crippen molar-refractivity contribution in [2.24, 2.45) is 22.7 Å². The Kier molecular flexibility index (Phi) is 5.98. The Labute approximate surface area is 194 Å². The third-order valence-electron chi connectivity index (χ3n) is 8.36. The fourth-order valence-electron chi connectivity index (χ4n) is 6.79. The van der Waals surface area contributed by atoms with Gasteiger partial charge in [0.05, 0.1) is 31.3 Å². The Balaban J connectivity index is 1.76. The van der Waals surface area contributed by atoms with Crippen molar-refractivity contribution < 1.29 is 19.1 Å². The largest absolute Gasteiger partial charge is 0.467 e. The molecule has 3 aliphatic rings. The molecule has 4 rings (SSSR count). The zero-order valence-electron chi connectivity index (χ0n) is 18.7. The number of allylic oxidation sites excluding steroid dienone is 1. The minimum absolute atomic E-state index is 0.182.